The van der Waals surface area contributed by atoms with Crippen molar-refractivity contribution < 1.29 is 23.9 Å². The van der Waals surface area contributed by atoms with Crippen molar-refractivity contribution in [1.29, 1.82) is 0 Å². The van der Waals surface area contributed by atoms with Gasteiger partial charge in [-0.3, -0.25) is 14.4 Å². The van der Waals surface area contributed by atoms with Crippen LogP contribution in [0.1, 0.15) is 33.1 Å². The Morgan fingerprint density at radius 3 is 2.43 bits per heavy atom. The van der Waals surface area contributed by atoms with E-state index in [9.17, 15) is 14.4 Å². The maximum atomic E-state index is 12.8. The zero-order valence-corrected chi connectivity index (χ0v) is 17.9. The molecule has 0 saturated carbocycles. The summed E-state index contributed by atoms with van der Waals surface area (Å²) in [4.78, 5) is 40.7. The number of piperidine rings is 1. The lowest BCUT2D eigenvalue weighted by Gasteiger charge is -2.34. The van der Waals surface area contributed by atoms with Crippen LogP contribution < -0.4 is 14.8 Å². The monoisotopic (exact) mass is 417 g/mol. The predicted molar refractivity (Wildman–Crippen MR) is 111 cm³/mol. The standard InChI is InChI=1S/C22H31N3O5/c1-15(2)25-13-16(12-21(25)27)22(28)24-10-8-17(9-11-24)23-20(26)14-30-19-7-5-4-6-18(19)29-3/h4-7,15-17H,8-14H2,1-3H3,(H,23,26). The van der Waals surface area contributed by atoms with Gasteiger partial charge in [-0.25, -0.2) is 0 Å². The number of hydrogen-bond acceptors (Lipinski definition) is 5. The van der Waals surface area contributed by atoms with E-state index in [0.717, 1.165) is 0 Å². The number of amides is 3. The number of rotatable bonds is 7. The molecule has 0 aliphatic carbocycles. The Morgan fingerprint density at radius 1 is 1.17 bits per heavy atom. The van der Waals surface area contributed by atoms with E-state index in [-0.39, 0.29) is 42.3 Å². The van der Waals surface area contributed by atoms with Crippen LogP contribution in [-0.4, -0.2) is 73.0 Å². The second kappa shape index (κ2) is 9.82. The Morgan fingerprint density at radius 2 is 1.83 bits per heavy atom. The lowest BCUT2D eigenvalue weighted by Crippen LogP contribution is -2.49. The van der Waals surface area contributed by atoms with Gasteiger partial charge in [-0.05, 0) is 38.8 Å². The molecule has 2 aliphatic rings. The zero-order valence-electron chi connectivity index (χ0n) is 17.9. The quantitative estimate of drug-likeness (QED) is 0.725. The van der Waals surface area contributed by atoms with Gasteiger partial charge in [-0.2, -0.15) is 0 Å². The van der Waals surface area contributed by atoms with Crippen molar-refractivity contribution in [3.8, 4) is 11.5 Å². The topological polar surface area (TPSA) is 88.2 Å². The van der Waals surface area contributed by atoms with Crippen LogP contribution >= 0.6 is 0 Å². The molecule has 2 fully saturated rings. The molecule has 30 heavy (non-hydrogen) atoms. The van der Waals surface area contributed by atoms with Crippen molar-refractivity contribution in [3.63, 3.8) is 0 Å². The third kappa shape index (κ3) is 5.23. The highest BCUT2D eigenvalue weighted by Crippen LogP contribution is 2.26. The Balaban J connectivity index is 1.41. The van der Waals surface area contributed by atoms with Crippen molar-refractivity contribution in [2.75, 3.05) is 33.4 Å². The highest BCUT2D eigenvalue weighted by atomic mass is 16.5. The average Bonchev–Trinajstić information content (AvgIpc) is 3.14. The minimum absolute atomic E-state index is 0.0141. The van der Waals surface area contributed by atoms with E-state index in [1.807, 2.05) is 30.9 Å². The summed E-state index contributed by atoms with van der Waals surface area (Å²) in [6.07, 6.45) is 1.69. The lowest BCUT2D eigenvalue weighted by molar-refractivity contribution is -0.137. The minimum atomic E-state index is -0.250. The van der Waals surface area contributed by atoms with Crippen LogP contribution in [0.4, 0.5) is 0 Å². The fourth-order valence-electron chi connectivity index (χ4n) is 4.05. The van der Waals surface area contributed by atoms with Crippen LogP contribution in [0.2, 0.25) is 0 Å². The predicted octanol–water partition coefficient (Wildman–Crippen LogP) is 1.44. The summed E-state index contributed by atoms with van der Waals surface area (Å²) in [5.74, 6) is 0.770. The number of benzene rings is 1. The molecule has 1 N–H and O–H groups in total. The molecule has 2 aliphatic heterocycles. The first kappa shape index (κ1) is 21.9. The van der Waals surface area contributed by atoms with Gasteiger partial charge in [0.2, 0.25) is 11.8 Å². The van der Waals surface area contributed by atoms with Crippen LogP contribution in [0.5, 0.6) is 11.5 Å². The molecule has 164 valence electrons. The maximum Gasteiger partial charge on any atom is 0.258 e. The molecule has 0 bridgehead atoms. The molecule has 1 unspecified atom stereocenters. The van der Waals surface area contributed by atoms with Gasteiger partial charge in [0.1, 0.15) is 0 Å². The van der Waals surface area contributed by atoms with Crippen molar-refractivity contribution in [2.45, 2.75) is 45.2 Å². The van der Waals surface area contributed by atoms with Crippen LogP contribution in [0, 0.1) is 5.92 Å². The van der Waals surface area contributed by atoms with Crippen LogP contribution in [0.3, 0.4) is 0 Å². The normalized spacial score (nSPS) is 19.9. The molecule has 0 radical (unpaired) electrons. The molecule has 0 spiro atoms. The molecule has 1 aromatic rings. The van der Waals surface area contributed by atoms with Gasteiger partial charge in [0.05, 0.1) is 13.0 Å². The summed E-state index contributed by atoms with van der Waals surface area (Å²) in [7, 11) is 1.55. The average molecular weight is 418 g/mol. The van der Waals surface area contributed by atoms with Gasteiger partial charge in [0.15, 0.2) is 18.1 Å². The molecular formula is C22H31N3O5. The third-order valence-electron chi connectivity index (χ3n) is 5.73. The highest BCUT2D eigenvalue weighted by Gasteiger charge is 2.38. The molecule has 2 saturated heterocycles. The number of ether oxygens (including phenoxy) is 2. The first-order chi connectivity index (χ1) is 14.4. The summed E-state index contributed by atoms with van der Waals surface area (Å²) >= 11 is 0. The Bertz CT molecular complexity index is 774. The fraction of sp³-hybridized carbons (Fsp3) is 0.591. The van der Waals surface area contributed by atoms with Crippen LogP contribution in [0.15, 0.2) is 24.3 Å². The van der Waals surface area contributed by atoms with Crippen LogP contribution in [-0.2, 0) is 14.4 Å². The summed E-state index contributed by atoms with van der Waals surface area (Å²) in [6.45, 7) is 5.53. The lowest BCUT2D eigenvalue weighted by atomic mass is 10.0. The number of hydrogen-bond donors (Lipinski definition) is 1. The SMILES string of the molecule is COc1ccccc1OCC(=O)NC1CCN(C(=O)C2CC(=O)N(C(C)C)C2)CC1. The van der Waals surface area contributed by atoms with E-state index in [2.05, 4.69) is 5.32 Å². The highest BCUT2D eigenvalue weighted by molar-refractivity contribution is 5.89. The van der Waals surface area contributed by atoms with Gasteiger partial charge in [-0.1, -0.05) is 12.1 Å². The number of methoxy groups -OCH3 is 1. The van der Waals surface area contributed by atoms with Gasteiger partial charge >= 0.3 is 0 Å². The van der Waals surface area contributed by atoms with E-state index in [0.29, 0.717) is 50.4 Å². The van der Waals surface area contributed by atoms with Gasteiger partial charge < -0.3 is 24.6 Å². The number of nitrogens with zero attached hydrogens (tertiary/aromatic N) is 2. The van der Waals surface area contributed by atoms with Crippen molar-refractivity contribution in [2.24, 2.45) is 5.92 Å². The van der Waals surface area contributed by atoms with Crippen molar-refractivity contribution in [3.05, 3.63) is 24.3 Å². The van der Waals surface area contributed by atoms with E-state index in [1.165, 1.54) is 0 Å². The number of likely N-dealkylation sites (tertiary alicyclic amines) is 2. The fourth-order valence-corrected chi connectivity index (χ4v) is 4.05. The van der Waals surface area contributed by atoms with E-state index < -0.39 is 0 Å². The minimum Gasteiger partial charge on any atom is -0.493 e. The summed E-state index contributed by atoms with van der Waals surface area (Å²) in [5.41, 5.74) is 0. The van der Waals surface area contributed by atoms with E-state index >= 15 is 0 Å². The summed E-state index contributed by atoms with van der Waals surface area (Å²) in [5, 5.41) is 2.98. The Hall–Kier alpha value is -2.77. The Kier molecular flexibility index (Phi) is 7.18. The van der Waals surface area contributed by atoms with Crippen LogP contribution in [0.25, 0.3) is 0 Å². The van der Waals surface area contributed by atoms with Gasteiger partial charge in [-0.15, -0.1) is 0 Å². The molecule has 8 heteroatoms. The first-order valence-corrected chi connectivity index (χ1v) is 10.5. The molecule has 8 nitrogen and oxygen atoms in total. The maximum absolute atomic E-state index is 12.8. The molecule has 1 aromatic carbocycles. The van der Waals surface area contributed by atoms with Crippen molar-refractivity contribution in [1.82, 2.24) is 15.1 Å². The second-order valence-corrected chi connectivity index (χ2v) is 8.15. The largest absolute Gasteiger partial charge is 0.493 e. The second-order valence-electron chi connectivity index (χ2n) is 8.15. The molecular weight excluding hydrogens is 386 g/mol. The van der Waals surface area contributed by atoms with E-state index in [1.54, 1.807) is 24.1 Å². The molecule has 3 rings (SSSR count). The zero-order chi connectivity index (χ0) is 21.7. The summed E-state index contributed by atoms with van der Waals surface area (Å²) in [6, 6.07) is 7.32. The van der Waals surface area contributed by atoms with Gasteiger partial charge in [0, 0.05) is 38.1 Å². The first-order valence-electron chi connectivity index (χ1n) is 10.5. The number of para-hydroxylation sites is 2. The van der Waals surface area contributed by atoms with Crippen molar-refractivity contribution >= 4 is 17.7 Å². The summed E-state index contributed by atoms with van der Waals surface area (Å²) < 4.78 is 10.8. The third-order valence-corrected chi connectivity index (χ3v) is 5.73. The number of carbonyl (C=O) groups excluding carboxylic acids is 3. The Labute approximate surface area is 177 Å². The number of carbonyl (C=O) groups is 3. The molecule has 3 amide bonds. The van der Waals surface area contributed by atoms with Gasteiger partial charge in [0.25, 0.3) is 5.91 Å². The molecule has 2 heterocycles. The smallest absolute Gasteiger partial charge is 0.258 e. The number of nitrogens with one attached hydrogen (secondary N) is 1. The molecule has 1 atom stereocenters. The van der Waals surface area contributed by atoms with E-state index in [4.69, 9.17) is 9.47 Å². The molecule has 0 aromatic heterocycles.